The molecule has 0 spiro atoms. The van der Waals surface area contributed by atoms with Crippen LogP contribution in [-0.4, -0.2) is 29.7 Å². The molecule has 0 aliphatic rings. The summed E-state index contributed by atoms with van der Waals surface area (Å²) in [6.45, 7) is 7.13. The third kappa shape index (κ3) is 5.32. The molecule has 1 atom stereocenters. The Hall–Kier alpha value is -1.37. The van der Waals surface area contributed by atoms with Crippen LogP contribution in [-0.2, 0) is 6.54 Å². The summed E-state index contributed by atoms with van der Waals surface area (Å²) in [6.07, 6.45) is 1.12. The first kappa shape index (κ1) is 16.7. The molecule has 0 amide bonds. The first-order valence-electron chi connectivity index (χ1n) is 7.02. The van der Waals surface area contributed by atoms with E-state index in [1.54, 1.807) is 6.07 Å². The van der Waals surface area contributed by atoms with Gasteiger partial charge in [-0.05, 0) is 44.0 Å². The molecule has 0 aliphatic heterocycles. The number of nitrogens with zero attached hydrogens (tertiary/aromatic N) is 1. The summed E-state index contributed by atoms with van der Waals surface area (Å²) >= 11 is 0. The molecule has 0 aliphatic carbocycles. The zero-order valence-electron chi connectivity index (χ0n) is 12.8. The van der Waals surface area contributed by atoms with Crippen molar-refractivity contribution in [1.82, 2.24) is 4.90 Å². The lowest BCUT2D eigenvalue weighted by molar-refractivity contribution is 0.220. The minimum absolute atomic E-state index is 0.213. The molecule has 0 fully saturated rings. The van der Waals surface area contributed by atoms with Gasteiger partial charge in [0.1, 0.15) is 12.4 Å². The Kier molecular flexibility index (Phi) is 6.70. The minimum Gasteiger partial charge on any atom is -0.384 e. The summed E-state index contributed by atoms with van der Waals surface area (Å²) in [5.74, 6) is 5.76. The van der Waals surface area contributed by atoms with Crippen molar-refractivity contribution in [2.45, 2.75) is 39.8 Å². The Labute approximate surface area is 121 Å². The quantitative estimate of drug-likeness (QED) is 0.836. The van der Waals surface area contributed by atoms with Gasteiger partial charge in [0, 0.05) is 18.2 Å². The van der Waals surface area contributed by atoms with Crippen molar-refractivity contribution in [3.05, 3.63) is 35.1 Å². The molecule has 0 aromatic heterocycles. The second kappa shape index (κ2) is 8.04. The zero-order chi connectivity index (χ0) is 15.1. The molecule has 1 aromatic rings. The van der Waals surface area contributed by atoms with Crippen LogP contribution >= 0.6 is 0 Å². The van der Waals surface area contributed by atoms with Crippen LogP contribution < -0.4 is 0 Å². The number of aliphatic hydroxyl groups is 1. The van der Waals surface area contributed by atoms with Gasteiger partial charge in [0.2, 0.25) is 0 Å². The maximum Gasteiger partial charge on any atom is 0.124 e. The van der Waals surface area contributed by atoms with Crippen LogP contribution in [0.1, 0.15) is 38.3 Å². The predicted octanol–water partition coefficient (Wildman–Crippen LogP) is 3.04. The number of benzene rings is 1. The molecule has 1 N–H and O–H groups in total. The van der Waals surface area contributed by atoms with E-state index in [-0.39, 0.29) is 12.4 Å². The zero-order valence-corrected chi connectivity index (χ0v) is 12.8. The van der Waals surface area contributed by atoms with E-state index in [1.165, 1.54) is 12.1 Å². The van der Waals surface area contributed by atoms with Gasteiger partial charge in [-0.3, -0.25) is 4.90 Å². The molecule has 1 aromatic carbocycles. The molecule has 20 heavy (non-hydrogen) atoms. The molecule has 1 rings (SSSR count). The van der Waals surface area contributed by atoms with Gasteiger partial charge in [-0.2, -0.15) is 0 Å². The maximum atomic E-state index is 13.3. The van der Waals surface area contributed by atoms with E-state index < -0.39 is 0 Å². The largest absolute Gasteiger partial charge is 0.384 e. The van der Waals surface area contributed by atoms with Crippen LogP contribution in [0.5, 0.6) is 0 Å². The number of aliphatic hydroxyl groups excluding tert-OH is 1. The highest BCUT2D eigenvalue weighted by Gasteiger charge is 2.13. The highest BCUT2D eigenvalue weighted by molar-refractivity contribution is 5.41. The average molecular weight is 277 g/mol. The highest BCUT2D eigenvalue weighted by atomic mass is 19.1. The lowest BCUT2D eigenvalue weighted by Gasteiger charge is -2.26. The topological polar surface area (TPSA) is 23.5 Å². The van der Waals surface area contributed by atoms with Crippen molar-refractivity contribution in [1.29, 1.82) is 0 Å². The van der Waals surface area contributed by atoms with Gasteiger partial charge < -0.3 is 5.11 Å². The van der Waals surface area contributed by atoms with E-state index in [4.69, 9.17) is 5.11 Å². The smallest absolute Gasteiger partial charge is 0.124 e. The Bertz CT molecular complexity index is 487. The molecular formula is C17H24FNO. The SMILES string of the molecule is CC(C)CC(C)N(C)Cc1ccc(F)cc1C#CCO. The highest BCUT2D eigenvalue weighted by Crippen LogP contribution is 2.16. The van der Waals surface area contributed by atoms with Crippen LogP contribution in [0.25, 0.3) is 0 Å². The van der Waals surface area contributed by atoms with Crippen molar-refractivity contribution in [2.75, 3.05) is 13.7 Å². The van der Waals surface area contributed by atoms with Crippen LogP contribution in [0.15, 0.2) is 18.2 Å². The van der Waals surface area contributed by atoms with Crippen molar-refractivity contribution in [3.63, 3.8) is 0 Å². The van der Waals surface area contributed by atoms with Crippen molar-refractivity contribution in [2.24, 2.45) is 5.92 Å². The van der Waals surface area contributed by atoms with Crippen LogP contribution in [0, 0.1) is 23.6 Å². The fourth-order valence-electron chi connectivity index (χ4n) is 2.22. The Morgan fingerprint density at radius 1 is 1.30 bits per heavy atom. The van der Waals surface area contributed by atoms with Crippen molar-refractivity contribution < 1.29 is 9.50 Å². The molecule has 0 radical (unpaired) electrons. The van der Waals surface area contributed by atoms with Crippen LogP contribution in [0.2, 0.25) is 0 Å². The van der Waals surface area contributed by atoms with E-state index >= 15 is 0 Å². The molecule has 3 heteroatoms. The van der Waals surface area contributed by atoms with E-state index in [0.717, 1.165) is 18.5 Å². The fraction of sp³-hybridized carbons (Fsp3) is 0.529. The number of hydrogen-bond donors (Lipinski definition) is 1. The normalized spacial score (nSPS) is 12.4. The van der Waals surface area contributed by atoms with Crippen LogP contribution in [0.4, 0.5) is 4.39 Å². The standard InChI is InChI=1S/C17H24FNO/c1-13(2)10-14(3)19(4)12-16-7-8-17(18)11-15(16)6-5-9-20/h7-8,11,13-14,20H,9-10,12H2,1-4H3. The van der Waals surface area contributed by atoms with Gasteiger partial charge in [0.15, 0.2) is 0 Å². The summed E-state index contributed by atoms with van der Waals surface area (Å²) in [4.78, 5) is 2.25. The summed E-state index contributed by atoms with van der Waals surface area (Å²) < 4.78 is 13.3. The summed E-state index contributed by atoms with van der Waals surface area (Å²) in [5.41, 5.74) is 1.65. The number of rotatable bonds is 5. The maximum absolute atomic E-state index is 13.3. The van der Waals surface area contributed by atoms with E-state index in [0.29, 0.717) is 17.5 Å². The van der Waals surface area contributed by atoms with E-state index in [9.17, 15) is 4.39 Å². The second-order valence-corrected chi connectivity index (χ2v) is 5.66. The van der Waals surface area contributed by atoms with Crippen molar-refractivity contribution >= 4 is 0 Å². The van der Waals surface area contributed by atoms with Gasteiger partial charge in [-0.15, -0.1) is 0 Å². The van der Waals surface area contributed by atoms with Gasteiger partial charge >= 0.3 is 0 Å². The Balaban J connectivity index is 2.85. The molecule has 0 bridgehead atoms. The summed E-state index contributed by atoms with van der Waals surface area (Å²) in [5, 5.41) is 8.78. The van der Waals surface area contributed by atoms with E-state index in [1.807, 2.05) is 0 Å². The molecule has 0 saturated heterocycles. The lowest BCUT2D eigenvalue weighted by atomic mass is 10.0. The lowest BCUT2D eigenvalue weighted by Crippen LogP contribution is -2.30. The monoisotopic (exact) mass is 277 g/mol. The molecule has 110 valence electrons. The number of halogens is 1. The third-order valence-corrected chi connectivity index (χ3v) is 3.36. The molecular weight excluding hydrogens is 253 g/mol. The molecule has 2 nitrogen and oxygen atoms in total. The van der Waals surface area contributed by atoms with E-state index in [2.05, 4.69) is 44.6 Å². The Morgan fingerprint density at radius 2 is 2.00 bits per heavy atom. The Morgan fingerprint density at radius 3 is 2.60 bits per heavy atom. The second-order valence-electron chi connectivity index (χ2n) is 5.66. The summed E-state index contributed by atoms with van der Waals surface area (Å²) in [7, 11) is 2.07. The third-order valence-electron chi connectivity index (χ3n) is 3.36. The summed E-state index contributed by atoms with van der Waals surface area (Å²) in [6, 6.07) is 5.12. The predicted molar refractivity (Wildman–Crippen MR) is 80.7 cm³/mol. The van der Waals surface area contributed by atoms with Crippen molar-refractivity contribution in [3.8, 4) is 11.8 Å². The first-order valence-corrected chi connectivity index (χ1v) is 7.02. The number of hydrogen-bond acceptors (Lipinski definition) is 2. The van der Waals surface area contributed by atoms with Crippen LogP contribution in [0.3, 0.4) is 0 Å². The van der Waals surface area contributed by atoms with Gasteiger partial charge in [0.25, 0.3) is 0 Å². The molecule has 1 unspecified atom stereocenters. The fourth-order valence-corrected chi connectivity index (χ4v) is 2.22. The van der Waals surface area contributed by atoms with Gasteiger partial charge in [-0.1, -0.05) is 31.8 Å². The van der Waals surface area contributed by atoms with Gasteiger partial charge in [-0.25, -0.2) is 4.39 Å². The molecule has 0 heterocycles. The van der Waals surface area contributed by atoms with Gasteiger partial charge in [0.05, 0.1) is 0 Å². The first-order chi connectivity index (χ1) is 9.43. The minimum atomic E-state index is -0.297. The molecule has 0 saturated carbocycles. The average Bonchev–Trinajstić information content (AvgIpc) is 2.38.